The van der Waals surface area contributed by atoms with Crippen molar-refractivity contribution in [2.24, 2.45) is 5.92 Å². The van der Waals surface area contributed by atoms with E-state index >= 15 is 0 Å². The number of carbonyl (C=O) groups is 2. The van der Waals surface area contributed by atoms with Gasteiger partial charge in [-0.1, -0.05) is 45.2 Å². The van der Waals surface area contributed by atoms with E-state index in [4.69, 9.17) is 4.74 Å². The Morgan fingerprint density at radius 2 is 2.00 bits per heavy atom. The Balaban J connectivity index is 1.56. The smallest absolute Gasteiger partial charge is 0.306 e. The van der Waals surface area contributed by atoms with Crippen molar-refractivity contribution >= 4 is 22.9 Å². The lowest BCUT2D eigenvalue weighted by Gasteiger charge is -2.29. The van der Waals surface area contributed by atoms with Gasteiger partial charge >= 0.3 is 5.97 Å². The molecule has 0 bridgehead atoms. The number of hydrogen-bond acceptors (Lipinski definition) is 5. The SMILES string of the molecule is CCCCn1c(=O)c(CCC(=O)OCC(=O)NC2CCCCC2C)nc2ccccc21. The van der Waals surface area contributed by atoms with Gasteiger partial charge in [0, 0.05) is 19.0 Å². The lowest BCUT2D eigenvalue weighted by atomic mass is 9.86. The van der Waals surface area contributed by atoms with E-state index < -0.39 is 5.97 Å². The number of unbranched alkanes of at least 4 members (excludes halogenated alkanes) is 1. The van der Waals surface area contributed by atoms with Gasteiger partial charge in [-0.05, 0) is 37.3 Å². The maximum absolute atomic E-state index is 12.9. The van der Waals surface area contributed by atoms with Gasteiger partial charge in [0.25, 0.3) is 11.5 Å². The standard InChI is InChI=1S/C24H33N3O4/c1-3-4-15-27-21-12-8-7-11-19(21)25-20(24(27)30)13-14-23(29)31-16-22(28)26-18-10-6-5-9-17(18)2/h7-8,11-12,17-18H,3-6,9-10,13-16H2,1-2H3,(H,26,28). The molecule has 2 atom stereocenters. The molecule has 1 aliphatic carbocycles. The Bertz CT molecular complexity index is 969. The van der Waals surface area contributed by atoms with Gasteiger partial charge in [0.15, 0.2) is 6.61 Å². The molecule has 0 saturated heterocycles. The molecular weight excluding hydrogens is 394 g/mol. The van der Waals surface area contributed by atoms with E-state index in [0.29, 0.717) is 18.2 Å². The van der Waals surface area contributed by atoms with E-state index in [-0.39, 0.29) is 37.0 Å². The summed E-state index contributed by atoms with van der Waals surface area (Å²) in [6.45, 7) is 4.56. The lowest BCUT2D eigenvalue weighted by Crippen LogP contribution is -2.42. The van der Waals surface area contributed by atoms with Crippen LogP contribution in [0.25, 0.3) is 11.0 Å². The number of nitrogens with one attached hydrogen (secondary N) is 1. The van der Waals surface area contributed by atoms with Gasteiger partial charge in [-0.15, -0.1) is 0 Å². The first-order chi connectivity index (χ1) is 15.0. The Morgan fingerprint density at radius 3 is 2.77 bits per heavy atom. The van der Waals surface area contributed by atoms with Crippen molar-refractivity contribution in [1.82, 2.24) is 14.9 Å². The van der Waals surface area contributed by atoms with E-state index in [9.17, 15) is 14.4 Å². The summed E-state index contributed by atoms with van der Waals surface area (Å²) < 4.78 is 6.88. The summed E-state index contributed by atoms with van der Waals surface area (Å²) in [6.07, 6.45) is 6.47. The molecule has 31 heavy (non-hydrogen) atoms. The number of hydrogen-bond donors (Lipinski definition) is 1. The summed E-state index contributed by atoms with van der Waals surface area (Å²) in [5.74, 6) is -0.318. The van der Waals surface area contributed by atoms with E-state index in [0.717, 1.165) is 43.1 Å². The number of para-hydroxylation sites is 2. The van der Waals surface area contributed by atoms with Crippen LogP contribution in [0.3, 0.4) is 0 Å². The van der Waals surface area contributed by atoms with Crippen molar-refractivity contribution in [1.29, 1.82) is 0 Å². The molecule has 0 radical (unpaired) electrons. The molecule has 1 amide bonds. The van der Waals surface area contributed by atoms with Crippen molar-refractivity contribution < 1.29 is 14.3 Å². The Hall–Kier alpha value is -2.70. The molecule has 7 heteroatoms. The van der Waals surface area contributed by atoms with Gasteiger partial charge in [0.2, 0.25) is 0 Å². The van der Waals surface area contributed by atoms with Gasteiger partial charge in [-0.25, -0.2) is 4.98 Å². The quantitative estimate of drug-likeness (QED) is 0.620. The van der Waals surface area contributed by atoms with Gasteiger partial charge < -0.3 is 14.6 Å². The molecule has 7 nitrogen and oxygen atoms in total. The van der Waals surface area contributed by atoms with Crippen LogP contribution in [0, 0.1) is 5.92 Å². The number of carbonyl (C=O) groups excluding carboxylic acids is 2. The summed E-state index contributed by atoms with van der Waals surface area (Å²) >= 11 is 0. The van der Waals surface area contributed by atoms with E-state index in [1.807, 2.05) is 24.3 Å². The van der Waals surface area contributed by atoms with Gasteiger partial charge in [-0.2, -0.15) is 0 Å². The zero-order valence-electron chi connectivity index (χ0n) is 18.6. The Labute approximate surface area is 183 Å². The molecule has 1 aromatic carbocycles. The number of rotatable bonds is 9. The van der Waals surface area contributed by atoms with Crippen molar-refractivity contribution in [3.63, 3.8) is 0 Å². The van der Waals surface area contributed by atoms with Gasteiger partial charge in [0.05, 0.1) is 17.5 Å². The largest absolute Gasteiger partial charge is 0.456 e. The lowest BCUT2D eigenvalue weighted by molar-refractivity contribution is -0.148. The minimum Gasteiger partial charge on any atom is -0.456 e. The minimum atomic E-state index is -0.499. The molecule has 168 valence electrons. The van der Waals surface area contributed by atoms with Crippen molar-refractivity contribution in [2.75, 3.05) is 6.61 Å². The van der Waals surface area contributed by atoms with Crippen LogP contribution >= 0.6 is 0 Å². The number of aryl methyl sites for hydroxylation is 2. The highest BCUT2D eigenvalue weighted by atomic mass is 16.5. The zero-order chi connectivity index (χ0) is 22.2. The average molecular weight is 428 g/mol. The molecular formula is C24H33N3O4. The van der Waals surface area contributed by atoms with Gasteiger partial charge in [0.1, 0.15) is 5.69 Å². The van der Waals surface area contributed by atoms with Crippen LogP contribution in [-0.2, 0) is 27.3 Å². The predicted molar refractivity (Wildman–Crippen MR) is 120 cm³/mol. The van der Waals surface area contributed by atoms with Crippen molar-refractivity contribution in [3.8, 4) is 0 Å². The van der Waals surface area contributed by atoms with Crippen LogP contribution in [0.4, 0.5) is 0 Å². The fraction of sp³-hybridized carbons (Fsp3) is 0.583. The highest BCUT2D eigenvalue weighted by Gasteiger charge is 2.23. The molecule has 1 aliphatic rings. The second-order valence-electron chi connectivity index (χ2n) is 8.45. The fourth-order valence-corrected chi connectivity index (χ4v) is 4.16. The first kappa shape index (κ1) is 23.0. The summed E-state index contributed by atoms with van der Waals surface area (Å²) in [4.78, 5) is 41.7. The monoisotopic (exact) mass is 427 g/mol. The molecule has 1 N–H and O–H groups in total. The van der Waals surface area contributed by atoms with Crippen molar-refractivity contribution in [3.05, 3.63) is 40.3 Å². The van der Waals surface area contributed by atoms with E-state index in [1.165, 1.54) is 6.42 Å². The fourth-order valence-electron chi connectivity index (χ4n) is 4.16. The number of aromatic nitrogens is 2. The average Bonchev–Trinajstić information content (AvgIpc) is 2.77. The number of ether oxygens (including phenoxy) is 1. The second-order valence-corrected chi connectivity index (χ2v) is 8.45. The summed E-state index contributed by atoms with van der Waals surface area (Å²) in [5, 5.41) is 2.97. The summed E-state index contributed by atoms with van der Waals surface area (Å²) in [6, 6.07) is 7.69. The van der Waals surface area contributed by atoms with E-state index in [1.54, 1.807) is 4.57 Å². The second kappa shape index (κ2) is 11.1. The molecule has 1 aromatic heterocycles. The molecule has 3 rings (SSSR count). The van der Waals surface area contributed by atoms with Crippen LogP contribution in [0.1, 0.15) is 64.5 Å². The van der Waals surface area contributed by atoms with Crippen LogP contribution in [0.2, 0.25) is 0 Å². The highest BCUT2D eigenvalue weighted by Crippen LogP contribution is 2.23. The normalized spacial score (nSPS) is 18.6. The first-order valence-corrected chi connectivity index (χ1v) is 11.4. The third kappa shape index (κ3) is 6.15. The maximum atomic E-state index is 12.9. The Morgan fingerprint density at radius 1 is 1.23 bits per heavy atom. The molecule has 1 heterocycles. The molecule has 0 spiro atoms. The number of fused-ring (bicyclic) bond motifs is 1. The number of nitrogens with zero attached hydrogens (tertiary/aromatic N) is 2. The number of benzene rings is 1. The zero-order valence-corrected chi connectivity index (χ0v) is 18.6. The summed E-state index contributed by atoms with van der Waals surface area (Å²) in [7, 11) is 0. The summed E-state index contributed by atoms with van der Waals surface area (Å²) in [5.41, 5.74) is 1.74. The molecule has 2 unspecified atom stereocenters. The molecule has 1 saturated carbocycles. The third-order valence-corrected chi connectivity index (χ3v) is 6.04. The van der Waals surface area contributed by atoms with Crippen LogP contribution < -0.4 is 10.9 Å². The van der Waals surface area contributed by atoms with Crippen LogP contribution in [0.15, 0.2) is 29.1 Å². The predicted octanol–water partition coefficient (Wildman–Crippen LogP) is 3.37. The topological polar surface area (TPSA) is 90.3 Å². The molecule has 2 aromatic rings. The number of amides is 1. The molecule has 1 fully saturated rings. The number of esters is 1. The van der Waals surface area contributed by atoms with E-state index in [2.05, 4.69) is 24.1 Å². The molecule has 0 aliphatic heterocycles. The minimum absolute atomic E-state index is 0.0153. The third-order valence-electron chi connectivity index (χ3n) is 6.04. The highest BCUT2D eigenvalue weighted by molar-refractivity contribution is 5.81. The maximum Gasteiger partial charge on any atom is 0.306 e. The van der Waals surface area contributed by atoms with Crippen LogP contribution in [-0.4, -0.2) is 34.1 Å². The first-order valence-electron chi connectivity index (χ1n) is 11.4. The van der Waals surface area contributed by atoms with Crippen molar-refractivity contribution in [2.45, 2.75) is 77.8 Å². The Kier molecular flexibility index (Phi) is 8.20. The van der Waals surface area contributed by atoms with Gasteiger partial charge in [-0.3, -0.25) is 14.4 Å². The van der Waals surface area contributed by atoms with Crippen LogP contribution in [0.5, 0.6) is 0 Å².